The average molecular weight is 195 g/mol. The molecule has 0 aromatic heterocycles. The highest BCUT2D eigenvalue weighted by molar-refractivity contribution is 5.11. The molecule has 5 heteroatoms. The zero-order valence-electron chi connectivity index (χ0n) is 7.12. The van der Waals surface area contributed by atoms with Crippen molar-refractivity contribution in [1.29, 1.82) is 0 Å². The van der Waals surface area contributed by atoms with Crippen molar-refractivity contribution in [3.63, 3.8) is 0 Å². The Morgan fingerprint density at radius 3 is 2.23 bits per heavy atom. The van der Waals surface area contributed by atoms with Gasteiger partial charge in [-0.1, -0.05) is 0 Å². The summed E-state index contributed by atoms with van der Waals surface area (Å²) < 4.78 is 37.3. The molecule has 1 saturated heterocycles. The molecule has 2 N–H and O–H groups in total. The molecule has 0 aromatic carbocycles. The largest absolute Gasteiger partial charge is 0.417 e. The SMILES string of the molecule is OC1(C(F)(F)F)CCNC2(CC2)C1. The third kappa shape index (κ3) is 1.44. The minimum absolute atomic E-state index is 0.177. The van der Waals surface area contributed by atoms with Crippen LogP contribution in [0.1, 0.15) is 25.7 Å². The lowest BCUT2D eigenvalue weighted by Crippen LogP contribution is -2.57. The Hall–Kier alpha value is -0.290. The molecule has 0 radical (unpaired) electrons. The van der Waals surface area contributed by atoms with Gasteiger partial charge in [-0.2, -0.15) is 13.2 Å². The summed E-state index contributed by atoms with van der Waals surface area (Å²) >= 11 is 0. The van der Waals surface area contributed by atoms with Crippen molar-refractivity contribution in [1.82, 2.24) is 5.32 Å². The van der Waals surface area contributed by atoms with Crippen LogP contribution in [0, 0.1) is 0 Å². The van der Waals surface area contributed by atoms with E-state index in [1.54, 1.807) is 0 Å². The second-order valence-corrected chi connectivity index (χ2v) is 4.16. The summed E-state index contributed by atoms with van der Waals surface area (Å²) in [5.74, 6) is 0. The fourth-order valence-corrected chi connectivity index (χ4v) is 1.99. The number of hydrogen-bond acceptors (Lipinski definition) is 2. The molecule has 0 bridgehead atoms. The third-order valence-electron chi connectivity index (χ3n) is 3.05. The molecule has 1 spiro atoms. The van der Waals surface area contributed by atoms with Crippen molar-refractivity contribution < 1.29 is 18.3 Å². The van der Waals surface area contributed by atoms with Crippen LogP contribution in [0.25, 0.3) is 0 Å². The molecule has 2 nitrogen and oxygen atoms in total. The summed E-state index contributed by atoms with van der Waals surface area (Å²) in [6.07, 6.45) is -3.37. The minimum Gasteiger partial charge on any atom is -0.380 e. The van der Waals surface area contributed by atoms with Crippen LogP contribution in [0.3, 0.4) is 0 Å². The van der Waals surface area contributed by atoms with Gasteiger partial charge in [0.15, 0.2) is 5.60 Å². The van der Waals surface area contributed by atoms with Gasteiger partial charge in [0.25, 0.3) is 0 Å². The lowest BCUT2D eigenvalue weighted by molar-refractivity contribution is -0.272. The van der Waals surface area contributed by atoms with E-state index in [4.69, 9.17) is 0 Å². The lowest BCUT2D eigenvalue weighted by Gasteiger charge is -2.39. The zero-order chi connectivity index (χ0) is 9.74. The third-order valence-corrected chi connectivity index (χ3v) is 3.05. The number of nitrogens with one attached hydrogen (secondary N) is 1. The normalized spacial score (nSPS) is 37.8. The Bertz CT molecular complexity index is 224. The highest BCUT2D eigenvalue weighted by Crippen LogP contribution is 2.50. The number of hydrogen-bond donors (Lipinski definition) is 2. The van der Waals surface area contributed by atoms with E-state index in [-0.39, 0.29) is 19.4 Å². The van der Waals surface area contributed by atoms with Crippen molar-refractivity contribution in [3.8, 4) is 0 Å². The highest BCUT2D eigenvalue weighted by Gasteiger charge is 2.61. The van der Waals surface area contributed by atoms with Crippen LogP contribution < -0.4 is 5.32 Å². The number of piperidine rings is 1. The van der Waals surface area contributed by atoms with E-state index in [2.05, 4.69) is 5.32 Å². The first-order chi connectivity index (χ1) is 5.87. The Labute approximate surface area is 74.1 Å². The van der Waals surface area contributed by atoms with Crippen LogP contribution in [0.2, 0.25) is 0 Å². The fourth-order valence-electron chi connectivity index (χ4n) is 1.99. The predicted molar refractivity (Wildman–Crippen MR) is 40.2 cm³/mol. The van der Waals surface area contributed by atoms with E-state index >= 15 is 0 Å². The first-order valence-electron chi connectivity index (χ1n) is 4.41. The molecular weight excluding hydrogens is 183 g/mol. The maximum absolute atomic E-state index is 12.4. The number of halogens is 3. The van der Waals surface area contributed by atoms with Gasteiger partial charge >= 0.3 is 6.18 Å². The molecule has 1 heterocycles. The second kappa shape index (κ2) is 2.39. The molecule has 2 fully saturated rings. The number of aliphatic hydroxyl groups is 1. The predicted octanol–water partition coefficient (Wildman–Crippen LogP) is 1.20. The van der Waals surface area contributed by atoms with Gasteiger partial charge in [0.2, 0.25) is 0 Å². The van der Waals surface area contributed by atoms with Crippen molar-refractivity contribution in [2.24, 2.45) is 0 Å². The summed E-state index contributed by atoms with van der Waals surface area (Å²) in [4.78, 5) is 0. The molecule has 1 aliphatic heterocycles. The zero-order valence-corrected chi connectivity index (χ0v) is 7.12. The van der Waals surface area contributed by atoms with Crippen LogP contribution in [0.4, 0.5) is 13.2 Å². The Morgan fingerprint density at radius 2 is 1.77 bits per heavy atom. The summed E-state index contributed by atoms with van der Waals surface area (Å²) in [5, 5.41) is 12.5. The first-order valence-corrected chi connectivity index (χ1v) is 4.41. The van der Waals surface area contributed by atoms with Crippen molar-refractivity contribution in [2.75, 3.05) is 6.54 Å². The van der Waals surface area contributed by atoms with Gasteiger partial charge in [-0.25, -0.2) is 0 Å². The second-order valence-electron chi connectivity index (χ2n) is 4.16. The van der Waals surface area contributed by atoms with Crippen LogP contribution >= 0.6 is 0 Å². The van der Waals surface area contributed by atoms with Crippen LogP contribution in [-0.2, 0) is 0 Å². The quantitative estimate of drug-likeness (QED) is 0.608. The standard InChI is InChI=1S/C8H12F3NO/c9-8(10,11)7(13)3-4-12-6(5-7)1-2-6/h12-13H,1-5H2. The van der Waals surface area contributed by atoms with Crippen molar-refractivity contribution in [2.45, 2.75) is 43.0 Å². The van der Waals surface area contributed by atoms with Gasteiger partial charge in [-0.15, -0.1) is 0 Å². The van der Waals surface area contributed by atoms with Gasteiger partial charge in [-0.3, -0.25) is 0 Å². The fraction of sp³-hybridized carbons (Fsp3) is 1.00. The maximum Gasteiger partial charge on any atom is 0.417 e. The molecule has 1 atom stereocenters. The highest BCUT2D eigenvalue weighted by atomic mass is 19.4. The van der Waals surface area contributed by atoms with Gasteiger partial charge in [0, 0.05) is 12.0 Å². The van der Waals surface area contributed by atoms with E-state index in [1.165, 1.54) is 0 Å². The topological polar surface area (TPSA) is 32.3 Å². The van der Waals surface area contributed by atoms with Crippen molar-refractivity contribution in [3.05, 3.63) is 0 Å². The summed E-state index contributed by atoms with van der Waals surface area (Å²) in [5.41, 5.74) is -2.85. The molecule has 0 aromatic rings. The minimum atomic E-state index is -4.48. The lowest BCUT2D eigenvalue weighted by atomic mass is 9.85. The number of rotatable bonds is 0. The van der Waals surface area contributed by atoms with Gasteiger partial charge in [0.05, 0.1) is 0 Å². The molecule has 1 aliphatic carbocycles. The van der Waals surface area contributed by atoms with Gasteiger partial charge in [0.1, 0.15) is 0 Å². The van der Waals surface area contributed by atoms with Gasteiger partial charge < -0.3 is 10.4 Å². The van der Waals surface area contributed by atoms with E-state index in [1.807, 2.05) is 0 Å². The Morgan fingerprint density at radius 1 is 1.15 bits per heavy atom. The Balaban J connectivity index is 2.14. The monoisotopic (exact) mass is 195 g/mol. The molecule has 2 aliphatic rings. The van der Waals surface area contributed by atoms with E-state index in [9.17, 15) is 18.3 Å². The van der Waals surface area contributed by atoms with Crippen molar-refractivity contribution >= 4 is 0 Å². The Kier molecular flexibility index (Phi) is 1.70. The molecule has 2 rings (SSSR count). The van der Waals surface area contributed by atoms with Crippen LogP contribution in [0.5, 0.6) is 0 Å². The van der Waals surface area contributed by atoms with E-state index in [0.717, 1.165) is 12.8 Å². The summed E-state index contributed by atoms with van der Waals surface area (Å²) in [6.45, 7) is 0.260. The molecular formula is C8H12F3NO. The summed E-state index contributed by atoms with van der Waals surface area (Å²) in [6, 6.07) is 0. The average Bonchev–Trinajstić information content (AvgIpc) is 2.66. The smallest absolute Gasteiger partial charge is 0.380 e. The van der Waals surface area contributed by atoms with E-state index in [0.29, 0.717) is 0 Å². The molecule has 76 valence electrons. The molecule has 1 saturated carbocycles. The number of alkyl halides is 3. The molecule has 13 heavy (non-hydrogen) atoms. The van der Waals surface area contributed by atoms with Crippen LogP contribution in [-0.4, -0.2) is 29.0 Å². The van der Waals surface area contributed by atoms with Gasteiger partial charge in [-0.05, 0) is 25.8 Å². The van der Waals surface area contributed by atoms with E-state index < -0.39 is 17.3 Å². The molecule has 0 amide bonds. The summed E-state index contributed by atoms with van der Waals surface area (Å²) in [7, 11) is 0. The molecule has 1 unspecified atom stereocenters. The maximum atomic E-state index is 12.4. The van der Waals surface area contributed by atoms with Crippen LogP contribution in [0.15, 0.2) is 0 Å². The first kappa shape index (κ1) is 9.27.